The van der Waals surface area contributed by atoms with Crippen molar-refractivity contribution in [3.8, 4) is 0 Å². The van der Waals surface area contributed by atoms with Gasteiger partial charge < -0.3 is 15.7 Å². The third-order valence-corrected chi connectivity index (χ3v) is 2.60. The first-order chi connectivity index (χ1) is 9.76. The molecule has 4 N–H and O–H groups in total. The van der Waals surface area contributed by atoms with Gasteiger partial charge in [0.05, 0.1) is 0 Å². The second-order valence-corrected chi connectivity index (χ2v) is 4.94. The molecule has 0 radical (unpaired) electrons. The molecule has 0 aliphatic rings. The Morgan fingerprint density at radius 1 is 1.10 bits per heavy atom. The predicted octanol–water partition coefficient (Wildman–Crippen LogP) is 0.228. The van der Waals surface area contributed by atoms with Gasteiger partial charge in [-0.1, -0.05) is 13.8 Å². The number of imide groups is 1. The normalized spacial score (nSPS) is 12.9. The molecule has 0 aromatic rings. The van der Waals surface area contributed by atoms with E-state index in [4.69, 9.17) is 5.11 Å². The molecule has 8 heteroatoms. The molecule has 0 aromatic heterocycles. The molecule has 2 unspecified atom stereocenters. The van der Waals surface area contributed by atoms with Gasteiger partial charge in [0.2, 0.25) is 11.8 Å². The van der Waals surface area contributed by atoms with Crippen molar-refractivity contribution in [3.63, 3.8) is 0 Å². The van der Waals surface area contributed by atoms with E-state index in [-0.39, 0.29) is 24.7 Å². The fourth-order valence-corrected chi connectivity index (χ4v) is 1.56. The molecule has 0 rings (SSSR count). The standard InChI is InChI=1S/C13H23N3O5/c1-4-5-14-12(20)9(3)15-13(21)16-10(17)6-8(2)7-11(18)19/h8-9H,4-7H2,1-3H3,(H,14,20)(H,18,19)(H2,15,16,17,21). The number of carboxylic acid groups (broad SMARTS) is 1. The van der Waals surface area contributed by atoms with E-state index in [2.05, 4.69) is 16.0 Å². The summed E-state index contributed by atoms with van der Waals surface area (Å²) in [6.07, 6.45) is 0.561. The Balaban J connectivity index is 4.10. The van der Waals surface area contributed by atoms with Crippen molar-refractivity contribution < 1.29 is 24.3 Å². The number of hydrogen-bond acceptors (Lipinski definition) is 4. The molecule has 0 saturated carbocycles. The van der Waals surface area contributed by atoms with Crippen LogP contribution in [-0.4, -0.2) is 41.5 Å². The molecule has 0 bridgehead atoms. The summed E-state index contributed by atoms with van der Waals surface area (Å²) in [6.45, 7) is 5.52. The van der Waals surface area contributed by atoms with Gasteiger partial charge in [-0.3, -0.25) is 19.7 Å². The van der Waals surface area contributed by atoms with Gasteiger partial charge in [-0.2, -0.15) is 0 Å². The number of urea groups is 1. The van der Waals surface area contributed by atoms with Gasteiger partial charge in [0.1, 0.15) is 6.04 Å². The van der Waals surface area contributed by atoms with Gasteiger partial charge in [0.15, 0.2) is 0 Å². The van der Waals surface area contributed by atoms with E-state index in [1.807, 2.05) is 6.92 Å². The molecule has 0 aliphatic heterocycles. The highest BCUT2D eigenvalue weighted by atomic mass is 16.4. The van der Waals surface area contributed by atoms with Crippen LogP contribution < -0.4 is 16.0 Å². The van der Waals surface area contributed by atoms with Crippen molar-refractivity contribution in [2.75, 3.05) is 6.54 Å². The monoisotopic (exact) mass is 301 g/mol. The van der Waals surface area contributed by atoms with Gasteiger partial charge in [-0.15, -0.1) is 0 Å². The Hall–Kier alpha value is -2.12. The summed E-state index contributed by atoms with van der Waals surface area (Å²) in [7, 11) is 0. The molecule has 21 heavy (non-hydrogen) atoms. The lowest BCUT2D eigenvalue weighted by Gasteiger charge is -2.14. The Labute approximate surface area is 123 Å². The molecule has 0 saturated heterocycles. The SMILES string of the molecule is CCCNC(=O)C(C)NC(=O)NC(=O)CC(C)CC(=O)O. The number of nitrogens with one attached hydrogen (secondary N) is 3. The van der Waals surface area contributed by atoms with Crippen molar-refractivity contribution in [1.82, 2.24) is 16.0 Å². The quantitative estimate of drug-likeness (QED) is 0.510. The van der Waals surface area contributed by atoms with Crippen LogP contribution in [0, 0.1) is 5.92 Å². The van der Waals surface area contributed by atoms with Crippen LogP contribution in [0.25, 0.3) is 0 Å². The highest BCUT2D eigenvalue weighted by molar-refractivity contribution is 5.96. The van der Waals surface area contributed by atoms with Gasteiger partial charge >= 0.3 is 12.0 Å². The van der Waals surface area contributed by atoms with Crippen LogP contribution in [0.4, 0.5) is 4.79 Å². The maximum atomic E-state index is 11.5. The van der Waals surface area contributed by atoms with Gasteiger partial charge in [0.25, 0.3) is 0 Å². The minimum Gasteiger partial charge on any atom is -0.481 e. The van der Waals surface area contributed by atoms with Crippen LogP contribution in [0.15, 0.2) is 0 Å². The summed E-state index contributed by atoms with van der Waals surface area (Å²) in [5.74, 6) is -2.29. The van der Waals surface area contributed by atoms with Crippen molar-refractivity contribution in [1.29, 1.82) is 0 Å². The highest BCUT2D eigenvalue weighted by Gasteiger charge is 2.18. The summed E-state index contributed by atoms with van der Waals surface area (Å²) in [4.78, 5) is 45.0. The third-order valence-electron chi connectivity index (χ3n) is 2.60. The Kier molecular flexibility index (Phi) is 8.75. The molecule has 0 spiro atoms. The van der Waals surface area contributed by atoms with E-state index in [9.17, 15) is 19.2 Å². The fraction of sp³-hybridized carbons (Fsp3) is 0.692. The summed E-state index contributed by atoms with van der Waals surface area (Å²) in [5, 5.41) is 15.6. The number of rotatable bonds is 8. The molecule has 4 amide bonds. The molecule has 0 fully saturated rings. The number of aliphatic carboxylic acids is 1. The second-order valence-electron chi connectivity index (χ2n) is 4.94. The number of hydrogen-bond donors (Lipinski definition) is 4. The van der Waals surface area contributed by atoms with Crippen molar-refractivity contribution in [3.05, 3.63) is 0 Å². The van der Waals surface area contributed by atoms with Gasteiger partial charge in [-0.25, -0.2) is 4.79 Å². The third kappa shape index (κ3) is 9.42. The van der Waals surface area contributed by atoms with Crippen molar-refractivity contribution >= 4 is 23.8 Å². The van der Waals surface area contributed by atoms with E-state index in [1.165, 1.54) is 6.92 Å². The molecule has 8 nitrogen and oxygen atoms in total. The Bertz CT molecular complexity index is 397. The van der Waals surface area contributed by atoms with Gasteiger partial charge in [0, 0.05) is 19.4 Å². The van der Waals surface area contributed by atoms with Crippen LogP contribution in [0.5, 0.6) is 0 Å². The largest absolute Gasteiger partial charge is 0.481 e. The zero-order chi connectivity index (χ0) is 16.4. The predicted molar refractivity (Wildman–Crippen MR) is 75.5 cm³/mol. The molecule has 0 heterocycles. The summed E-state index contributed by atoms with van der Waals surface area (Å²) < 4.78 is 0. The number of carbonyl (C=O) groups is 4. The fourth-order valence-electron chi connectivity index (χ4n) is 1.56. The lowest BCUT2D eigenvalue weighted by atomic mass is 10.0. The van der Waals surface area contributed by atoms with E-state index >= 15 is 0 Å². The van der Waals surface area contributed by atoms with Crippen LogP contribution in [0.3, 0.4) is 0 Å². The Morgan fingerprint density at radius 3 is 2.24 bits per heavy atom. The zero-order valence-electron chi connectivity index (χ0n) is 12.6. The lowest BCUT2D eigenvalue weighted by molar-refractivity contribution is -0.138. The van der Waals surface area contributed by atoms with E-state index in [0.29, 0.717) is 6.54 Å². The number of amides is 4. The molecule has 2 atom stereocenters. The van der Waals surface area contributed by atoms with E-state index in [0.717, 1.165) is 6.42 Å². The first kappa shape index (κ1) is 18.9. The maximum Gasteiger partial charge on any atom is 0.322 e. The van der Waals surface area contributed by atoms with Crippen LogP contribution >= 0.6 is 0 Å². The van der Waals surface area contributed by atoms with E-state index < -0.39 is 23.9 Å². The van der Waals surface area contributed by atoms with E-state index in [1.54, 1.807) is 6.92 Å². The Morgan fingerprint density at radius 2 is 1.71 bits per heavy atom. The smallest absolute Gasteiger partial charge is 0.322 e. The molecule has 0 aromatic carbocycles. The minimum absolute atomic E-state index is 0.0733. The average molecular weight is 301 g/mol. The lowest BCUT2D eigenvalue weighted by Crippen LogP contribution is -2.50. The molecule has 0 aliphatic carbocycles. The summed E-state index contributed by atoms with van der Waals surface area (Å²) in [6, 6.07) is -1.54. The maximum absolute atomic E-state index is 11.5. The molecular weight excluding hydrogens is 278 g/mol. The highest BCUT2D eigenvalue weighted by Crippen LogP contribution is 2.06. The molecule has 120 valence electrons. The number of carbonyl (C=O) groups excluding carboxylic acids is 3. The van der Waals surface area contributed by atoms with Gasteiger partial charge in [-0.05, 0) is 19.3 Å². The summed E-state index contributed by atoms with van der Waals surface area (Å²) in [5.41, 5.74) is 0. The van der Waals surface area contributed by atoms with Crippen molar-refractivity contribution in [2.45, 2.75) is 46.1 Å². The minimum atomic E-state index is -0.999. The zero-order valence-corrected chi connectivity index (χ0v) is 12.6. The number of carboxylic acids is 1. The second kappa shape index (κ2) is 9.73. The first-order valence-electron chi connectivity index (χ1n) is 6.86. The van der Waals surface area contributed by atoms with Crippen molar-refractivity contribution in [2.24, 2.45) is 5.92 Å². The van der Waals surface area contributed by atoms with Crippen LogP contribution in [0.2, 0.25) is 0 Å². The van der Waals surface area contributed by atoms with Crippen LogP contribution in [0.1, 0.15) is 40.0 Å². The first-order valence-corrected chi connectivity index (χ1v) is 6.86. The average Bonchev–Trinajstić information content (AvgIpc) is 2.33. The topological polar surface area (TPSA) is 125 Å². The van der Waals surface area contributed by atoms with Crippen LogP contribution in [-0.2, 0) is 14.4 Å². The summed E-state index contributed by atoms with van der Waals surface area (Å²) >= 11 is 0. The molecular formula is C13H23N3O5.